The molecule has 3 rings (SSSR count). The molecule has 2 bridgehead atoms. The molecule has 5 unspecified atom stereocenters. The normalized spacial score (nSPS) is 33.8. The van der Waals surface area contributed by atoms with Crippen molar-refractivity contribution in [2.75, 3.05) is 6.61 Å². The molecule has 0 radical (unpaired) electrons. The molecule has 0 spiro atoms. The van der Waals surface area contributed by atoms with Crippen LogP contribution in [0, 0.1) is 28.1 Å². The van der Waals surface area contributed by atoms with Crippen molar-refractivity contribution in [1.82, 2.24) is 0 Å². The highest BCUT2D eigenvalue weighted by Gasteiger charge is 2.65. The Kier molecular flexibility index (Phi) is 4.95. The lowest BCUT2D eigenvalue weighted by atomic mass is 9.55. The summed E-state index contributed by atoms with van der Waals surface area (Å²) in [5, 5.41) is -0.463. The van der Waals surface area contributed by atoms with Crippen LogP contribution in [0.4, 0.5) is 0 Å². The first kappa shape index (κ1) is 21.6. The second-order valence-electron chi connectivity index (χ2n) is 10.6. The van der Waals surface area contributed by atoms with Crippen LogP contribution in [-0.2, 0) is 33.4 Å². The number of fused-ring (bicyclic) bond motifs is 1. The molecule has 0 aromatic rings. The van der Waals surface area contributed by atoms with Crippen molar-refractivity contribution in [3.8, 4) is 0 Å². The average Bonchev–Trinajstić information content (AvgIpc) is 3.13. The van der Waals surface area contributed by atoms with Gasteiger partial charge in [0.1, 0.15) is 12.2 Å². The number of esters is 2. The predicted octanol–water partition coefficient (Wildman–Crippen LogP) is 2.68. The van der Waals surface area contributed by atoms with Crippen LogP contribution in [0.25, 0.3) is 0 Å². The van der Waals surface area contributed by atoms with E-state index in [2.05, 4.69) is 0 Å². The molecule has 160 valence electrons. The summed E-state index contributed by atoms with van der Waals surface area (Å²) in [6.07, 6.45) is -0.0182. The van der Waals surface area contributed by atoms with Crippen molar-refractivity contribution in [2.24, 2.45) is 28.1 Å². The SMILES string of the molecule is CC(C)(C)C(C)(C(=O)OCC(=O)OC1C2CC3C1OS(=O)(=O)C3C2)C(C)(C)C. The summed E-state index contributed by atoms with van der Waals surface area (Å²) in [5.41, 5.74) is -1.57. The minimum atomic E-state index is -3.55. The Labute approximate surface area is 167 Å². The Balaban J connectivity index is 1.62. The van der Waals surface area contributed by atoms with Crippen molar-refractivity contribution in [3.05, 3.63) is 0 Å². The number of carbonyl (C=O) groups is 2. The molecular formula is C20H32O7S. The second kappa shape index (κ2) is 6.42. The largest absolute Gasteiger partial charge is 0.457 e. The van der Waals surface area contributed by atoms with E-state index in [1.54, 1.807) is 0 Å². The Morgan fingerprint density at radius 2 is 1.57 bits per heavy atom. The number of rotatable bonds is 4. The molecule has 3 fully saturated rings. The van der Waals surface area contributed by atoms with Crippen molar-refractivity contribution in [2.45, 2.75) is 78.8 Å². The van der Waals surface area contributed by atoms with Gasteiger partial charge in [-0.15, -0.1) is 0 Å². The molecule has 1 heterocycles. The van der Waals surface area contributed by atoms with Crippen molar-refractivity contribution < 1.29 is 31.7 Å². The van der Waals surface area contributed by atoms with Crippen LogP contribution in [-0.4, -0.2) is 44.4 Å². The maximum atomic E-state index is 12.9. The van der Waals surface area contributed by atoms with Gasteiger partial charge in [-0.2, -0.15) is 8.42 Å². The molecule has 8 heteroatoms. The molecule has 28 heavy (non-hydrogen) atoms. The van der Waals surface area contributed by atoms with Crippen LogP contribution in [0.1, 0.15) is 61.3 Å². The first-order valence-corrected chi connectivity index (χ1v) is 11.4. The van der Waals surface area contributed by atoms with Crippen molar-refractivity contribution in [3.63, 3.8) is 0 Å². The predicted molar refractivity (Wildman–Crippen MR) is 102 cm³/mol. The second-order valence-corrected chi connectivity index (χ2v) is 12.4. The fraction of sp³-hybridized carbons (Fsp3) is 0.900. The topological polar surface area (TPSA) is 96.0 Å². The molecule has 2 aliphatic carbocycles. The highest BCUT2D eigenvalue weighted by molar-refractivity contribution is 7.87. The minimum Gasteiger partial charge on any atom is -0.457 e. The van der Waals surface area contributed by atoms with Gasteiger partial charge in [-0.3, -0.25) is 8.98 Å². The van der Waals surface area contributed by atoms with Gasteiger partial charge in [0, 0.05) is 11.8 Å². The van der Waals surface area contributed by atoms with E-state index in [1.165, 1.54) is 0 Å². The summed E-state index contributed by atoms with van der Waals surface area (Å²) in [5.74, 6) is -1.22. The Bertz CT molecular complexity index is 757. The third kappa shape index (κ3) is 3.16. The number of hydrogen-bond acceptors (Lipinski definition) is 7. The molecule has 3 aliphatic rings. The van der Waals surface area contributed by atoms with E-state index in [0.717, 1.165) is 0 Å². The van der Waals surface area contributed by atoms with Crippen LogP contribution in [0.15, 0.2) is 0 Å². The lowest BCUT2D eigenvalue weighted by Crippen LogP contribution is -2.51. The fourth-order valence-electron chi connectivity index (χ4n) is 5.24. The highest BCUT2D eigenvalue weighted by Crippen LogP contribution is 2.55. The van der Waals surface area contributed by atoms with Gasteiger partial charge < -0.3 is 9.47 Å². The van der Waals surface area contributed by atoms with Gasteiger partial charge in [0.15, 0.2) is 6.61 Å². The number of hydrogen-bond donors (Lipinski definition) is 0. The standard InChI is InChI=1S/C20H32O7S/c1-18(2,3)20(7,19(4,5)6)17(22)25-10-14(21)26-15-11-8-12-13(9-11)28(23,24)27-16(12)15/h11-13,15-16H,8-10H2,1-7H3. The number of ether oxygens (including phenoxy) is 2. The van der Waals surface area contributed by atoms with E-state index in [9.17, 15) is 18.0 Å². The lowest BCUT2D eigenvalue weighted by Gasteiger charge is -2.48. The third-order valence-electron chi connectivity index (χ3n) is 7.41. The van der Waals surface area contributed by atoms with Gasteiger partial charge >= 0.3 is 11.9 Å². The van der Waals surface area contributed by atoms with E-state index in [0.29, 0.717) is 12.8 Å². The molecule has 7 nitrogen and oxygen atoms in total. The van der Waals surface area contributed by atoms with Crippen LogP contribution in [0.3, 0.4) is 0 Å². The van der Waals surface area contributed by atoms with Gasteiger partial charge in [0.25, 0.3) is 10.1 Å². The summed E-state index contributed by atoms with van der Waals surface area (Å²) < 4.78 is 40.0. The maximum Gasteiger partial charge on any atom is 0.344 e. The molecule has 1 aliphatic heterocycles. The Morgan fingerprint density at radius 3 is 2.11 bits per heavy atom. The van der Waals surface area contributed by atoms with Crippen molar-refractivity contribution in [1.29, 1.82) is 0 Å². The number of carbonyl (C=O) groups excluding carboxylic acids is 2. The third-order valence-corrected chi connectivity index (χ3v) is 9.18. The average molecular weight is 417 g/mol. The zero-order valence-electron chi connectivity index (χ0n) is 17.8. The molecule has 0 N–H and O–H groups in total. The van der Waals surface area contributed by atoms with E-state index in [-0.39, 0.29) is 22.7 Å². The van der Waals surface area contributed by atoms with E-state index < -0.39 is 51.5 Å². The van der Waals surface area contributed by atoms with Crippen LogP contribution in [0.5, 0.6) is 0 Å². The van der Waals surface area contributed by atoms with Gasteiger partial charge in [-0.1, -0.05) is 41.5 Å². The zero-order valence-corrected chi connectivity index (χ0v) is 18.6. The van der Waals surface area contributed by atoms with Gasteiger partial charge in [0.05, 0.1) is 10.7 Å². The monoisotopic (exact) mass is 416 g/mol. The zero-order chi connectivity index (χ0) is 21.3. The van der Waals surface area contributed by atoms with E-state index in [4.69, 9.17) is 13.7 Å². The minimum absolute atomic E-state index is 0.00802. The van der Waals surface area contributed by atoms with E-state index >= 15 is 0 Å². The van der Waals surface area contributed by atoms with Crippen LogP contribution < -0.4 is 0 Å². The molecule has 2 saturated carbocycles. The highest BCUT2D eigenvalue weighted by atomic mass is 32.2. The summed E-state index contributed by atoms with van der Waals surface area (Å²) >= 11 is 0. The molecular weight excluding hydrogens is 384 g/mol. The Morgan fingerprint density at radius 1 is 1.00 bits per heavy atom. The van der Waals surface area contributed by atoms with Gasteiger partial charge in [-0.05, 0) is 30.6 Å². The molecule has 0 aromatic carbocycles. The first-order chi connectivity index (χ1) is 12.6. The first-order valence-electron chi connectivity index (χ1n) is 9.88. The van der Waals surface area contributed by atoms with Crippen molar-refractivity contribution >= 4 is 22.1 Å². The Hall–Kier alpha value is -1.15. The lowest BCUT2D eigenvalue weighted by molar-refractivity contribution is -0.181. The molecule has 1 saturated heterocycles. The fourth-order valence-corrected chi connectivity index (χ4v) is 7.12. The summed E-state index contributed by atoms with van der Waals surface area (Å²) in [6.45, 7) is 13.2. The smallest absolute Gasteiger partial charge is 0.344 e. The van der Waals surface area contributed by atoms with Gasteiger partial charge in [-0.25, -0.2) is 4.79 Å². The van der Waals surface area contributed by atoms with Crippen LogP contribution >= 0.6 is 0 Å². The summed E-state index contributed by atoms with van der Waals surface area (Å²) in [6, 6.07) is 0. The maximum absolute atomic E-state index is 12.9. The van der Waals surface area contributed by atoms with Crippen LogP contribution in [0.2, 0.25) is 0 Å². The van der Waals surface area contributed by atoms with Gasteiger partial charge in [0.2, 0.25) is 0 Å². The summed E-state index contributed by atoms with van der Waals surface area (Å²) in [7, 11) is -3.55. The summed E-state index contributed by atoms with van der Waals surface area (Å²) in [4.78, 5) is 25.2. The van der Waals surface area contributed by atoms with E-state index in [1.807, 2.05) is 48.5 Å². The molecule has 0 amide bonds. The molecule has 0 aromatic heterocycles. The molecule has 5 atom stereocenters. The quantitative estimate of drug-likeness (QED) is 0.513.